The first-order chi connectivity index (χ1) is 9.18. The predicted molar refractivity (Wildman–Crippen MR) is 75.1 cm³/mol. The van der Waals surface area contributed by atoms with Crippen molar-refractivity contribution >= 4 is 5.91 Å². The maximum Gasteiger partial charge on any atom is 0.227 e. The maximum atomic E-state index is 12.5. The molecule has 0 bridgehead atoms. The zero-order chi connectivity index (χ0) is 14.1. The Hall–Kier alpha value is -0.650. The molecule has 1 fully saturated rings. The van der Waals surface area contributed by atoms with Crippen LogP contribution in [0.2, 0.25) is 0 Å². The van der Waals surface area contributed by atoms with Gasteiger partial charge in [-0.15, -0.1) is 0 Å². The molecular formula is C14H28N2O3. The number of ether oxygens (including phenoxy) is 2. The molecule has 1 heterocycles. The number of amides is 1. The minimum Gasteiger partial charge on any atom is -0.382 e. The van der Waals surface area contributed by atoms with Gasteiger partial charge in [-0.25, -0.2) is 0 Å². The molecule has 1 rings (SSSR count). The molecule has 2 N–H and O–H groups in total. The van der Waals surface area contributed by atoms with Crippen molar-refractivity contribution in [1.29, 1.82) is 0 Å². The van der Waals surface area contributed by atoms with Crippen molar-refractivity contribution < 1.29 is 14.3 Å². The summed E-state index contributed by atoms with van der Waals surface area (Å²) in [6.07, 6.45) is 3.93. The summed E-state index contributed by atoms with van der Waals surface area (Å²) in [4.78, 5) is 12.5. The van der Waals surface area contributed by atoms with E-state index in [0.29, 0.717) is 13.2 Å². The fourth-order valence-electron chi connectivity index (χ4n) is 2.76. The van der Waals surface area contributed by atoms with Crippen LogP contribution in [0.5, 0.6) is 0 Å². The van der Waals surface area contributed by atoms with Gasteiger partial charge in [-0.2, -0.15) is 0 Å². The van der Waals surface area contributed by atoms with Crippen LogP contribution in [0.4, 0.5) is 0 Å². The molecule has 2 unspecified atom stereocenters. The minimum absolute atomic E-state index is 0.0795. The Morgan fingerprint density at radius 1 is 1.47 bits per heavy atom. The first-order valence-corrected chi connectivity index (χ1v) is 7.19. The molecule has 0 aromatic heterocycles. The van der Waals surface area contributed by atoms with Gasteiger partial charge >= 0.3 is 0 Å². The molecule has 1 amide bonds. The third-order valence-corrected chi connectivity index (χ3v) is 3.86. The highest BCUT2D eigenvalue weighted by Gasteiger charge is 2.38. The van der Waals surface area contributed by atoms with Crippen LogP contribution in [-0.2, 0) is 14.3 Å². The Balaban J connectivity index is 2.52. The average Bonchev–Trinajstić information content (AvgIpc) is 2.44. The fourth-order valence-corrected chi connectivity index (χ4v) is 2.76. The van der Waals surface area contributed by atoms with Crippen molar-refractivity contribution in [3.05, 3.63) is 0 Å². The summed E-state index contributed by atoms with van der Waals surface area (Å²) in [5.74, 6) is 0.153. The van der Waals surface area contributed by atoms with Crippen LogP contribution in [0.1, 0.15) is 32.6 Å². The normalized spacial score (nSPS) is 25.0. The third kappa shape index (κ3) is 4.75. The molecule has 0 aromatic rings. The van der Waals surface area contributed by atoms with E-state index in [2.05, 4.69) is 17.6 Å². The summed E-state index contributed by atoms with van der Waals surface area (Å²) in [5, 5.41) is 6.38. The van der Waals surface area contributed by atoms with Crippen molar-refractivity contribution in [1.82, 2.24) is 10.6 Å². The summed E-state index contributed by atoms with van der Waals surface area (Å²) < 4.78 is 10.3. The van der Waals surface area contributed by atoms with E-state index in [1.807, 2.05) is 0 Å². The highest BCUT2D eigenvalue weighted by molar-refractivity contribution is 5.83. The third-order valence-electron chi connectivity index (χ3n) is 3.86. The van der Waals surface area contributed by atoms with Gasteiger partial charge in [0.2, 0.25) is 5.91 Å². The fraction of sp³-hybridized carbons (Fsp3) is 0.929. The van der Waals surface area contributed by atoms with Crippen LogP contribution in [0, 0.1) is 5.41 Å². The number of hydrogen-bond acceptors (Lipinski definition) is 4. The second kappa shape index (κ2) is 8.51. The van der Waals surface area contributed by atoms with Gasteiger partial charge in [0.15, 0.2) is 0 Å². The van der Waals surface area contributed by atoms with Crippen molar-refractivity contribution in [3.63, 3.8) is 0 Å². The molecule has 19 heavy (non-hydrogen) atoms. The van der Waals surface area contributed by atoms with E-state index in [9.17, 15) is 4.79 Å². The number of carbonyl (C=O) groups is 1. The molecule has 2 atom stereocenters. The summed E-state index contributed by atoms with van der Waals surface area (Å²) >= 11 is 0. The summed E-state index contributed by atoms with van der Waals surface area (Å²) in [6, 6.07) is 0. The lowest BCUT2D eigenvalue weighted by atomic mass is 9.76. The van der Waals surface area contributed by atoms with Crippen molar-refractivity contribution in [2.75, 3.05) is 40.5 Å². The number of piperidine rings is 1. The summed E-state index contributed by atoms with van der Waals surface area (Å²) in [6.45, 7) is 4.94. The first kappa shape index (κ1) is 16.4. The lowest BCUT2D eigenvalue weighted by molar-refractivity contribution is -0.133. The Morgan fingerprint density at radius 3 is 2.79 bits per heavy atom. The SMILES string of the molecule is CCCC1(C(=O)NCC(COC)OC)CCCNC1. The van der Waals surface area contributed by atoms with Gasteiger partial charge in [-0.1, -0.05) is 13.3 Å². The molecular weight excluding hydrogens is 244 g/mol. The number of nitrogens with one attached hydrogen (secondary N) is 2. The van der Waals surface area contributed by atoms with Crippen LogP contribution in [0.3, 0.4) is 0 Å². The second-order valence-electron chi connectivity index (χ2n) is 5.33. The zero-order valence-corrected chi connectivity index (χ0v) is 12.5. The molecule has 1 saturated heterocycles. The van der Waals surface area contributed by atoms with E-state index >= 15 is 0 Å². The molecule has 1 aliphatic rings. The Kier molecular flexibility index (Phi) is 7.34. The lowest BCUT2D eigenvalue weighted by Crippen LogP contribution is -2.52. The van der Waals surface area contributed by atoms with Crippen LogP contribution in [0.15, 0.2) is 0 Å². The summed E-state index contributed by atoms with van der Waals surface area (Å²) in [5.41, 5.74) is -0.238. The van der Waals surface area contributed by atoms with E-state index in [1.54, 1.807) is 14.2 Å². The highest BCUT2D eigenvalue weighted by Crippen LogP contribution is 2.31. The molecule has 0 saturated carbocycles. The molecule has 0 radical (unpaired) electrons. The van der Waals surface area contributed by atoms with E-state index in [0.717, 1.165) is 38.8 Å². The number of rotatable bonds is 8. The first-order valence-electron chi connectivity index (χ1n) is 7.19. The summed E-state index contributed by atoms with van der Waals surface area (Å²) in [7, 11) is 3.28. The van der Waals surface area contributed by atoms with Gasteiger partial charge in [0, 0.05) is 27.3 Å². The van der Waals surface area contributed by atoms with Crippen LogP contribution < -0.4 is 10.6 Å². The van der Waals surface area contributed by atoms with E-state index in [1.165, 1.54) is 0 Å². The molecule has 5 nitrogen and oxygen atoms in total. The Labute approximate surface area is 116 Å². The quantitative estimate of drug-likeness (QED) is 0.690. The molecule has 0 spiro atoms. The van der Waals surface area contributed by atoms with Crippen molar-refractivity contribution in [3.8, 4) is 0 Å². The van der Waals surface area contributed by atoms with Crippen LogP contribution >= 0.6 is 0 Å². The average molecular weight is 272 g/mol. The topological polar surface area (TPSA) is 59.6 Å². The van der Waals surface area contributed by atoms with E-state index < -0.39 is 0 Å². The molecule has 0 aromatic carbocycles. The van der Waals surface area contributed by atoms with Crippen LogP contribution in [0.25, 0.3) is 0 Å². The number of hydrogen-bond donors (Lipinski definition) is 2. The smallest absolute Gasteiger partial charge is 0.227 e. The largest absolute Gasteiger partial charge is 0.382 e. The Morgan fingerprint density at radius 2 is 2.26 bits per heavy atom. The monoisotopic (exact) mass is 272 g/mol. The number of carbonyl (C=O) groups excluding carboxylic acids is 1. The number of methoxy groups -OCH3 is 2. The van der Waals surface area contributed by atoms with E-state index in [4.69, 9.17) is 9.47 Å². The van der Waals surface area contributed by atoms with Gasteiger partial charge < -0.3 is 20.1 Å². The zero-order valence-electron chi connectivity index (χ0n) is 12.5. The van der Waals surface area contributed by atoms with Crippen molar-refractivity contribution in [2.45, 2.75) is 38.7 Å². The molecule has 0 aliphatic carbocycles. The standard InChI is InChI=1S/C14H28N2O3/c1-4-6-14(7-5-8-15-11-14)13(17)16-9-12(19-3)10-18-2/h12,15H,4-11H2,1-3H3,(H,16,17). The lowest BCUT2D eigenvalue weighted by Gasteiger charge is -2.36. The van der Waals surface area contributed by atoms with Gasteiger partial charge in [0.05, 0.1) is 18.1 Å². The second-order valence-corrected chi connectivity index (χ2v) is 5.33. The van der Waals surface area contributed by atoms with Gasteiger partial charge in [0.1, 0.15) is 0 Å². The molecule has 112 valence electrons. The van der Waals surface area contributed by atoms with Gasteiger partial charge in [-0.05, 0) is 25.8 Å². The Bertz CT molecular complexity index is 260. The highest BCUT2D eigenvalue weighted by atomic mass is 16.5. The van der Waals surface area contributed by atoms with E-state index in [-0.39, 0.29) is 17.4 Å². The van der Waals surface area contributed by atoms with Gasteiger partial charge in [-0.3, -0.25) is 4.79 Å². The van der Waals surface area contributed by atoms with Crippen LogP contribution in [-0.4, -0.2) is 52.5 Å². The predicted octanol–water partition coefficient (Wildman–Crippen LogP) is 0.934. The van der Waals surface area contributed by atoms with Gasteiger partial charge in [0.25, 0.3) is 0 Å². The molecule has 1 aliphatic heterocycles. The molecule has 5 heteroatoms. The maximum absolute atomic E-state index is 12.5. The minimum atomic E-state index is -0.238. The van der Waals surface area contributed by atoms with Crippen molar-refractivity contribution in [2.24, 2.45) is 5.41 Å².